The lowest BCUT2D eigenvalue weighted by atomic mass is 9.77. The lowest BCUT2D eigenvalue weighted by molar-refractivity contribution is -0.143. The lowest BCUT2D eigenvalue weighted by Gasteiger charge is -2.28. The largest absolute Gasteiger partial charge is 0.469 e. The van der Waals surface area contributed by atoms with E-state index in [0.29, 0.717) is 12.3 Å². The van der Waals surface area contributed by atoms with Gasteiger partial charge in [0.1, 0.15) is 0 Å². The Labute approximate surface area is 135 Å². The molecule has 1 aromatic rings. The van der Waals surface area contributed by atoms with Crippen LogP contribution in [0, 0.1) is 11.3 Å². The molecule has 122 valence electrons. The second-order valence-corrected chi connectivity index (χ2v) is 6.18. The highest BCUT2D eigenvalue weighted by atomic mass is 16.5. The van der Waals surface area contributed by atoms with Crippen LogP contribution in [0.4, 0.5) is 0 Å². The first-order chi connectivity index (χ1) is 10.5. The zero-order chi connectivity index (χ0) is 16.6. The zero-order valence-electron chi connectivity index (χ0n) is 14.5. The number of carbonyl (C=O) groups excluding carboxylic acids is 1. The van der Waals surface area contributed by atoms with E-state index in [2.05, 4.69) is 37.8 Å². The van der Waals surface area contributed by atoms with Crippen molar-refractivity contribution in [3.8, 4) is 0 Å². The van der Waals surface area contributed by atoms with Gasteiger partial charge < -0.3 is 4.74 Å². The van der Waals surface area contributed by atoms with Crippen LogP contribution in [0.25, 0.3) is 0 Å². The third kappa shape index (κ3) is 5.01. The van der Waals surface area contributed by atoms with Gasteiger partial charge in [0.05, 0.1) is 13.5 Å². The van der Waals surface area contributed by atoms with E-state index in [-0.39, 0.29) is 11.4 Å². The molecular formula is C20H30O2. The summed E-state index contributed by atoms with van der Waals surface area (Å²) in [5, 5.41) is 0. The van der Waals surface area contributed by atoms with Crippen molar-refractivity contribution in [2.24, 2.45) is 11.3 Å². The van der Waals surface area contributed by atoms with Gasteiger partial charge in [0.25, 0.3) is 0 Å². The van der Waals surface area contributed by atoms with Crippen molar-refractivity contribution in [3.05, 3.63) is 48.0 Å². The number of hydrogen-bond acceptors (Lipinski definition) is 2. The van der Waals surface area contributed by atoms with E-state index in [0.717, 1.165) is 25.7 Å². The SMILES string of the molecule is C=C1CC(CCc2ccccc2)(CC(=O)OC)CC1C.CC. The number of aryl methyl sites for hydroxylation is 1. The van der Waals surface area contributed by atoms with Crippen LogP contribution >= 0.6 is 0 Å². The predicted molar refractivity (Wildman–Crippen MR) is 92.7 cm³/mol. The van der Waals surface area contributed by atoms with Gasteiger partial charge in [-0.2, -0.15) is 0 Å². The number of benzene rings is 1. The second-order valence-electron chi connectivity index (χ2n) is 6.18. The Morgan fingerprint density at radius 3 is 2.45 bits per heavy atom. The molecule has 2 rings (SSSR count). The molecular weight excluding hydrogens is 272 g/mol. The van der Waals surface area contributed by atoms with Gasteiger partial charge in [0, 0.05) is 0 Å². The molecule has 2 nitrogen and oxygen atoms in total. The maximum Gasteiger partial charge on any atom is 0.306 e. The normalized spacial score (nSPS) is 23.6. The summed E-state index contributed by atoms with van der Waals surface area (Å²) in [4.78, 5) is 11.7. The number of ether oxygens (including phenoxy) is 1. The Bertz CT molecular complexity index is 478. The average molecular weight is 302 g/mol. The molecule has 0 radical (unpaired) electrons. The van der Waals surface area contributed by atoms with Gasteiger partial charge >= 0.3 is 5.97 Å². The standard InChI is InChI=1S/C18H24O2.C2H6/c1-14-11-18(12-15(14)2,13-17(19)20-3)10-9-16-7-5-4-6-8-16;1-2/h4-8,15H,1,9-13H2,2-3H3;1-2H3. The van der Waals surface area contributed by atoms with Crippen LogP contribution in [0.2, 0.25) is 0 Å². The van der Waals surface area contributed by atoms with Crippen LogP contribution in [0.3, 0.4) is 0 Å². The first-order valence-electron chi connectivity index (χ1n) is 8.33. The van der Waals surface area contributed by atoms with Gasteiger partial charge in [-0.15, -0.1) is 0 Å². The molecule has 0 aromatic heterocycles. The summed E-state index contributed by atoms with van der Waals surface area (Å²) in [5.74, 6) is 0.412. The quantitative estimate of drug-likeness (QED) is 0.553. The Morgan fingerprint density at radius 1 is 1.32 bits per heavy atom. The van der Waals surface area contributed by atoms with E-state index in [1.54, 1.807) is 0 Å². The summed E-state index contributed by atoms with van der Waals surface area (Å²) in [6.07, 6.45) is 4.55. The molecule has 2 heteroatoms. The maximum atomic E-state index is 11.7. The molecule has 1 saturated carbocycles. The van der Waals surface area contributed by atoms with Crippen molar-refractivity contribution in [3.63, 3.8) is 0 Å². The van der Waals surface area contributed by atoms with Crippen molar-refractivity contribution in [1.29, 1.82) is 0 Å². The minimum Gasteiger partial charge on any atom is -0.469 e. The number of carbonyl (C=O) groups is 1. The fourth-order valence-electron chi connectivity index (χ4n) is 3.37. The number of rotatable bonds is 5. The summed E-state index contributed by atoms with van der Waals surface area (Å²) >= 11 is 0. The fraction of sp³-hybridized carbons (Fsp3) is 0.550. The molecule has 0 aliphatic heterocycles. The molecule has 2 unspecified atom stereocenters. The number of hydrogen-bond donors (Lipinski definition) is 0. The minimum atomic E-state index is -0.0973. The molecule has 0 amide bonds. The van der Waals surface area contributed by atoms with Crippen molar-refractivity contribution < 1.29 is 9.53 Å². The molecule has 1 aromatic carbocycles. The summed E-state index contributed by atoms with van der Waals surface area (Å²) in [7, 11) is 1.47. The Hall–Kier alpha value is -1.57. The topological polar surface area (TPSA) is 26.3 Å². The monoisotopic (exact) mass is 302 g/mol. The molecule has 1 fully saturated rings. The first-order valence-corrected chi connectivity index (χ1v) is 8.33. The van der Waals surface area contributed by atoms with Crippen molar-refractivity contribution in [2.75, 3.05) is 7.11 Å². The van der Waals surface area contributed by atoms with Crippen LogP contribution in [-0.2, 0) is 16.0 Å². The molecule has 1 aliphatic carbocycles. The summed E-state index contributed by atoms with van der Waals surface area (Å²) in [5.41, 5.74) is 2.66. The van der Waals surface area contributed by atoms with Crippen molar-refractivity contribution in [2.45, 2.75) is 52.9 Å². The van der Waals surface area contributed by atoms with Crippen LogP contribution in [0.15, 0.2) is 42.5 Å². The summed E-state index contributed by atoms with van der Waals surface area (Å²) < 4.78 is 4.89. The van der Waals surface area contributed by atoms with Crippen LogP contribution in [-0.4, -0.2) is 13.1 Å². The van der Waals surface area contributed by atoms with Gasteiger partial charge in [-0.1, -0.05) is 63.3 Å². The molecule has 0 saturated heterocycles. The Balaban J connectivity index is 0.00000116. The van der Waals surface area contributed by atoms with Gasteiger partial charge in [0.15, 0.2) is 0 Å². The molecule has 0 spiro atoms. The van der Waals surface area contributed by atoms with Gasteiger partial charge in [-0.05, 0) is 42.6 Å². The third-order valence-corrected chi connectivity index (χ3v) is 4.57. The van der Waals surface area contributed by atoms with Gasteiger partial charge in [-0.3, -0.25) is 4.79 Å². The van der Waals surface area contributed by atoms with Crippen LogP contribution < -0.4 is 0 Å². The van der Waals surface area contributed by atoms with Crippen LogP contribution in [0.1, 0.15) is 52.0 Å². The minimum absolute atomic E-state index is 0.0411. The van der Waals surface area contributed by atoms with E-state index in [1.165, 1.54) is 18.2 Å². The van der Waals surface area contributed by atoms with Crippen LogP contribution in [0.5, 0.6) is 0 Å². The van der Waals surface area contributed by atoms with E-state index < -0.39 is 0 Å². The summed E-state index contributed by atoms with van der Waals surface area (Å²) in [6, 6.07) is 10.5. The zero-order valence-corrected chi connectivity index (χ0v) is 14.5. The second kappa shape index (κ2) is 8.77. The smallest absolute Gasteiger partial charge is 0.306 e. The average Bonchev–Trinajstić information content (AvgIpc) is 2.83. The fourth-order valence-corrected chi connectivity index (χ4v) is 3.37. The van der Waals surface area contributed by atoms with E-state index in [9.17, 15) is 4.79 Å². The summed E-state index contributed by atoms with van der Waals surface area (Å²) in [6.45, 7) is 10.4. The third-order valence-electron chi connectivity index (χ3n) is 4.57. The lowest BCUT2D eigenvalue weighted by Crippen LogP contribution is -2.23. The van der Waals surface area contributed by atoms with E-state index in [1.807, 2.05) is 19.9 Å². The first kappa shape index (κ1) is 18.5. The number of esters is 1. The molecule has 0 N–H and O–H groups in total. The van der Waals surface area contributed by atoms with E-state index in [4.69, 9.17) is 4.74 Å². The number of allylic oxidation sites excluding steroid dienone is 1. The van der Waals surface area contributed by atoms with Gasteiger partial charge in [0.2, 0.25) is 0 Å². The number of methoxy groups -OCH3 is 1. The molecule has 22 heavy (non-hydrogen) atoms. The van der Waals surface area contributed by atoms with Crippen molar-refractivity contribution >= 4 is 5.97 Å². The Morgan fingerprint density at radius 2 is 1.95 bits per heavy atom. The van der Waals surface area contributed by atoms with E-state index >= 15 is 0 Å². The Kier molecular flexibility index (Phi) is 7.37. The highest BCUT2D eigenvalue weighted by molar-refractivity contribution is 5.70. The molecule has 0 bridgehead atoms. The molecule has 2 atom stereocenters. The molecule has 0 heterocycles. The predicted octanol–water partition coefficient (Wildman–Crippen LogP) is 5.18. The highest BCUT2D eigenvalue weighted by Crippen LogP contribution is 2.49. The molecule has 1 aliphatic rings. The van der Waals surface area contributed by atoms with Gasteiger partial charge in [-0.25, -0.2) is 0 Å². The maximum absolute atomic E-state index is 11.7. The van der Waals surface area contributed by atoms with Crippen molar-refractivity contribution in [1.82, 2.24) is 0 Å². The highest BCUT2D eigenvalue weighted by Gasteiger charge is 2.41.